The minimum Gasteiger partial charge on any atom is -0.399 e. The van der Waals surface area contributed by atoms with Gasteiger partial charge in [0.05, 0.1) is 6.21 Å². The molecule has 0 saturated heterocycles. The van der Waals surface area contributed by atoms with Crippen LogP contribution in [0.25, 0.3) is 0 Å². The minimum atomic E-state index is 0.708. The van der Waals surface area contributed by atoms with Crippen molar-refractivity contribution in [3.8, 4) is 0 Å². The lowest BCUT2D eigenvalue weighted by Gasteiger charge is -2.00. The third-order valence-electron chi connectivity index (χ3n) is 1.84. The Hall–Kier alpha value is -1.84. The fourth-order valence-corrected chi connectivity index (χ4v) is 1.17. The number of benzene rings is 1. The molecule has 0 aliphatic carbocycles. The predicted molar refractivity (Wildman–Crippen MR) is 60.3 cm³/mol. The SMILES string of the molecule is CO/N=C\Cc1ccccc1/C=N\OC. The fraction of sp³-hybridized carbons (Fsp3) is 0.273. The van der Waals surface area contributed by atoms with Gasteiger partial charge in [0.15, 0.2) is 0 Å². The maximum Gasteiger partial charge on any atom is 0.106 e. The van der Waals surface area contributed by atoms with Crippen molar-refractivity contribution in [1.82, 2.24) is 0 Å². The van der Waals surface area contributed by atoms with Crippen molar-refractivity contribution in [1.29, 1.82) is 0 Å². The van der Waals surface area contributed by atoms with Gasteiger partial charge in [-0.05, 0) is 11.1 Å². The van der Waals surface area contributed by atoms with Crippen molar-refractivity contribution in [2.24, 2.45) is 10.3 Å². The first-order valence-corrected chi connectivity index (χ1v) is 4.58. The summed E-state index contributed by atoms with van der Waals surface area (Å²) in [6.07, 6.45) is 4.09. The Balaban J connectivity index is 2.76. The van der Waals surface area contributed by atoms with Crippen LogP contribution in [0.1, 0.15) is 11.1 Å². The summed E-state index contributed by atoms with van der Waals surface area (Å²) in [6.45, 7) is 0. The molecular weight excluding hydrogens is 192 g/mol. The van der Waals surface area contributed by atoms with Crippen molar-refractivity contribution in [3.05, 3.63) is 35.4 Å². The van der Waals surface area contributed by atoms with Crippen molar-refractivity contribution >= 4 is 12.4 Å². The maximum absolute atomic E-state index is 4.64. The fourth-order valence-electron chi connectivity index (χ4n) is 1.17. The Labute approximate surface area is 89.2 Å². The molecule has 0 bridgehead atoms. The Morgan fingerprint density at radius 3 is 2.60 bits per heavy atom. The molecule has 0 heterocycles. The molecule has 0 spiro atoms. The van der Waals surface area contributed by atoms with Crippen LogP contribution in [-0.2, 0) is 16.1 Å². The van der Waals surface area contributed by atoms with E-state index in [0.29, 0.717) is 6.42 Å². The molecular formula is C11H14N2O2. The second kappa shape index (κ2) is 6.59. The van der Waals surface area contributed by atoms with Crippen LogP contribution in [0, 0.1) is 0 Å². The molecule has 1 aromatic carbocycles. The summed E-state index contributed by atoms with van der Waals surface area (Å²) < 4.78 is 0. The molecule has 15 heavy (non-hydrogen) atoms. The summed E-state index contributed by atoms with van der Waals surface area (Å²) in [5.41, 5.74) is 2.14. The summed E-state index contributed by atoms with van der Waals surface area (Å²) >= 11 is 0. The zero-order valence-electron chi connectivity index (χ0n) is 8.88. The highest BCUT2D eigenvalue weighted by molar-refractivity contribution is 5.82. The molecule has 0 aromatic heterocycles. The highest BCUT2D eigenvalue weighted by atomic mass is 16.6. The molecule has 0 fully saturated rings. The average molecular weight is 206 g/mol. The lowest BCUT2D eigenvalue weighted by Crippen LogP contribution is -1.94. The number of nitrogens with zero attached hydrogens (tertiary/aromatic N) is 2. The molecule has 0 aliphatic heterocycles. The summed E-state index contributed by atoms with van der Waals surface area (Å²) in [6, 6.07) is 7.91. The van der Waals surface area contributed by atoms with Crippen LogP contribution in [0.5, 0.6) is 0 Å². The molecule has 0 aliphatic rings. The summed E-state index contributed by atoms with van der Waals surface area (Å²) in [5.74, 6) is 0. The van der Waals surface area contributed by atoms with Crippen LogP contribution in [0.2, 0.25) is 0 Å². The Morgan fingerprint density at radius 1 is 1.13 bits per heavy atom. The van der Waals surface area contributed by atoms with Gasteiger partial charge in [0.25, 0.3) is 0 Å². The van der Waals surface area contributed by atoms with E-state index in [0.717, 1.165) is 11.1 Å². The van der Waals surface area contributed by atoms with E-state index in [4.69, 9.17) is 0 Å². The van der Waals surface area contributed by atoms with E-state index in [9.17, 15) is 0 Å². The molecule has 0 radical (unpaired) electrons. The van der Waals surface area contributed by atoms with Crippen LogP contribution >= 0.6 is 0 Å². The van der Waals surface area contributed by atoms with Crippen LogP contribution in [0.15, 0.2) is 34.6 Å². The Bertz CT molecular complexity index is 348. The molecule has 1 rings (SSSR count). The number of hydrogen-bond donors (Lipinski definition) is 0. The normalized spacial score (nSPS) is 11.1. The topological polar surface area (TPSA) is 43.2 Å². The van der Waals surface area contributed by atoms with E-state index in [1.807, 2.05) is 24.3 Å². The van der Waals surface area contributed by atoms with E-state index in [1.165, 1.54) is 14.2 Å². The Kier molecular flexibility index (Phi) is 4.94. The van der Waals surface area contributed by atoms with E-state index >= 15 is 0 Å². The predicted octanol–water partition coefficient (Wildman–Crippen LogP) is 1.84. The first kappa shape index (κ1) is 11.2. The number of hydrogen-bond acceptors (Lipinski definition) is 4. The summed E-state index contributed by atoms with van der Waals surface area (Å²) in [7, 11) is 3.04. The van der Waals surface area contributed by atoms with Crippen molar-refractivity contribution in [2.75, 3.05) is 14.2 Å². The maximum atomic E-state index is 4.64. The van der Waals surface area contributed by atoms with Gasteiger partial charge in [-0.15, -0.1) is 0 Å². The van der Waals surface area contributed by atoms with Gasteiger partial charge in [-0.2, -0.15) is 0 Å². The second-order valence-electron chi connectivity index (χ2n) is 2.79. The monoisotopic (exact) mass is 206 g/mol. The van der Waals surface area contributed by atoms with Crippen LogP contribution < -0.4 is 0 Å². The first-order valence-electron chi connectivity index (χ1n) is 4.58. The van der Waals surface area contributed by atoms with Gasteiger partial charge in [0, 0.05) is 12.6 Å². The van der Waals surface area contributed by atoms with Crippen LogP contribution in [0.4, 0.5) is 0 Å². The van der Waals surface area contributed by atoms with Crippen molar-refractivity contribution in [2.45, 2.75) is 6.42 Å². The average Bonchev–Trinajstić information content (AvgIpc) is 2.28. The first-order chi connectivity index (χ1) is 7.38. The van der Waals surface area contributed by atoms with E-state index in [-0.39, 0.29) is 0 Å². The van der Waals surface area contributed by atoms with Gasteiger partial charge < -0.3 is 9.68 Å². The van der Waals surface area contributed by atoms with Crippen molar-refractivity contribution < 1.29 is 9.68 Å². The molecule has 4 nitrogen and oxygen atoms in total. The highest BCUT2D eigenvalue weighted by Crippen LogP contribution is 2.06. The van der Waals surface area contributed by atoms with E-state index < -0.39 is 0 Å². The summed E-state index contributed by atoms with van der Waals surface area (Å²) in [4.78, 5) is 9.23. The van der Waals surface area contributed by atoms with Crippen molar-refractivity contribution in [3.63, 3.8) is 0 Å². The largest absolute Gasteiger partial charge is 0.399 e. The molecule has 0 atom stereocenters. The van der Waals surface area contributed by atoms with Gasteiger partial charge in [-0.3, -0.25) is 0 Å². The van der Waals surface area contributed by atoms with Crippen LogP contribution in [0.3, 0.4) is 0 Å². The number of oxime groups is 2. The Morgan fingerprint density at radius 2 is 1.87 bits per heavy atom. The minimum absolute atomic E-state index is 0.708. The van der Waals surface area contributed by atoms with Gasteiger partial charge in [0.2, 0.25) is 0 Å². The van der Waals surface area contributed by atoms with Gasteiger partial charge in [-0.25, -0.2) is 0 Å². The molecule has 0 unspecified atom stereocenters. The summed E-state index contributed by atoms with van der Waals surface area (Å²) in [5, 5.41) is 7.42. The quantitative estimate of drug-likeness (QED) is 0.545. The number of rotatable bonds is 5. The zero-order valence-corrected chi connectivity index (χ0v) is 8.88. The van der Waals surface area contributed by atoms with E-state index in [1.54, 1.807) is 12.4 Å². The molecule has 1 aromatic rings. The van der Waals surface area contributed by atoms with Gasteiger partial charge in [0.1, 0.15) is 14.2 Å². The molecule has 0 saturated carbocycles. The van der Waals surface area contributed by atoms with Crippen LogP contribution in [-0.4, -0.2) is 26.6 Å². The third-order valence-corrected chi connectivity index (χ3v) is 1.84. The lowest BCUT2D eigenvalue weighted by atomic mass is 10.1. The van der Waals surface area contributed by atoms with Gasteiger partial charge >= 0.3 is 0 Å². The zero-order chi connectivity index (χ0) is 10.9. The molecule has 4 heteroatoms. The highest BCUT2D eigenvalue weighted by Gasteiger charge is 1.97. The molecule has 80 valence electrons. The molecule has 0 amide bonds. The van der Waals surface area contributed by atoms with Gasteiger partial charge in [-0.1, -0.05) is 34.6 Å². The standard InChI is InChI=1S/C11H14N2O2/c1-14-12-8-7-10-5-3-4-6-11(10)9-13-15-2/h3-6,8-9H,7H2,1-2H3/b12-8-,13-9-. The second-order valence-corrected chi connectivity index (χ2v) is 2.79. The lowest BCUT2D eigenvalue weighted by molar-refractivity contribution is 0.214. The third kappa shape index (κ3) is 3.81. The van der Waals surface area contributed by atoms with E-state index in [2.05, 4.69) is 20.0 Å². The molecule has 0 N–H and O–H groups in total. The smallest absolute Gasteiger partial charge is 0.106 e.